The van der Waals surface area contributed by atoms with Crippen LogP contribution in [0.1, 0.15) is 33.6 Å². The predicted octanol–water partition coefficient (Wildman–Crippen LogP) is 5.31. The van der Waals surface area contributed by atoms with Crippen molar-refractivity contribution < 1.29 is 23.8 Å². The van der Waals surface area contributed by atoms with Gasteiger partial charge in [0.25, 0.3) is 5.91 Å². The number of methoxy groups -OCH3 is 2. The number of rotatable bonds is 12. The lowest BCUT2D eigenvalue weighted by Crippen LogP contribution is -2.45. The van der Waals surface area contributed by atoms with Gasteiger partial charge in [-0.25, -0.2) is 0 Å². The van der Waals surface area contributed by atoms with Gasteiger partial charge in [-0.05, 0) is 66.6 Å². The Morgan fingerprint density at radius 1 is 1.05 bits per heavy atom. The lowest BCUT2D eigenvalue weighted by Gasteiger charge is -2.29. The van der Waals surface area contributed by atoms with Crippen molar-refractivity contribution in [1.82, 2.24) is 9.80 Å². The van der Waals surface area contributed by atoms with Crippen LogP contribution in [0.2, 0.25) is 5.02 Å². The van der Waals surface area contributed by atoms with Gasteiger partial charge in [-0.1, -0.05) is 29.8 Å². The third kappa shape index (κ3) is 7.49. The van der Waals surface area contributed by atoms with Crippen LogP contribution in [0.15, 0.2) is 60.0 Å². The normalized spacial score (nSPS) is 14.8. The molecule has 1 aliphatic rings. The number of hydrogen-bond acceptors (Lipinski definition) is 6. The molecule has 4 rings (SSSR count). The van der Waals surface area contributed by atoms with E-state index in [1.54, 1.807) is 54.7 Å². The van der Waals surface area contributed by atoms with Crippen molar-refractivity contribution in [3.63, 3.8) is 0 Å². The zero-order valence-electron chi connectivity index (χ0n) is 21.7. The molecule has 0 saturated carbocycles. The van der Waals surface area contributed by atoms with E-state index in [0.717, 1.165) is 23.3 Å². The standard InChI is InChI=1S/C29H33ClN2O5S/c1-35-26-11-10-21(16-27(26)36-2)12-13-31(19-25-9-5-15-38-25)28(33)20-32(18-24-8-4-14-37-24)29(34)22-6-3-7-23(30)17-22/h3,5-7,9-11,15-17,24H,4,8,12-14,18-20H2,1-2H3. The Hall–Kier alpha value is -3.07. The number of amides is 2. The zero-order chi connectivity index (χ0) is 26.9. The monoisotopic (exact) mass is 556 g/mol. The van der Waals surface area contributed by atoms with Crippen molar-refractivity contribution in [2.75, 3.05) is 40.5 Å². The lowest BCUT2D eigenvalue weighted by molar-refractivity contribution is -0.132. The third-order valence-electron chi connectivity index (χ3n) is 6.53. The Balaban J connectivity index is 1.52. The van der Waals surface area contributed by atoms with Gasteiger partial charge in [0.15, 0.2) is 11.5 Å². The van der Waals surface area contributed by atoms with Crippen molar-refractivity contribution in [3.05, 3.63) is 81.0 Å². The molecule has 1 atom stereocenters. The van der Waals surface area contributed by atoms with Gasteiger partial charge in [0, 0.05) is 35.2 Å². The summed E-state index contributed by atoms with van der Waals surface area (Å²) < 4.78 is 16.6. The fourth-order valence-corrected chi connectivity index (χ4v) is 5.41. The van der Waals surface area contributed by atoms with Gasteiger partial charge in [-0.2, -0.15) is 0 Å². The minimum absolute atomic E-state index is 0.0392. The van der Waals surface area contributed by atoms with Gasteiger partial charge in [-0.3, -0.25) is 9.59 Å². The topological polar surface area (TPSA) is 68.3 Å². The van der Waals surface area contributed by atoms with E-state index in [2.05, 4.69) is 0 Å². The number of carbonyl (C=O) groups excluding carboxylic acids is 2. The predicted molar refractivity (Wildman–Crippen MR) is 149 cm³/mol. The quantitative estimate of drug-likeness (QED) is 0.302. The van der Waals surface area contributed by atoms with Crippen molar-refractivity contribution in [3.8, 4) is 11.5 Å². The molecule has 202 valence electrons. The van der Waals surface area contributed by atoms with E-state index < -0.39 is 0 Å². The summed E-state index contributed by atoms with van der Waals surface area (Å²) in [7, 11) is 3.21. The Morgan fingerprint density at radius 2 is 1.89 bits per heavy atom. The van der Waals surface area contributed by atoms with Crippen LogP contribution in [0.4, 0.5) is 0 Å². The first-order valence-electron chi connectivity index (χ1n) is 12.6. The van der Waals surface area contributed by atoms with Crippen LogP contribution >= 0.6 is 22.9 Å². The molecular weight excluding hydrogens is 524 g/mol. The molecule has 0 N–H and O–H groups in total. The largest absolute Gasteiger partial charge is 0.493 e. The molecule has 1 aliphatic heterocycles. The van der Waals surface area contributed by atoms with Crippen LogP contribution in [0.5, 0.6) is 11.5 Å². The maximum absolute atomic E-state index is 13.7. The molecule has 3 aromatic rings. The SMILES string of the molecule is COc1ccc(CCN(Cc2cccs2)C(=O)CN(CC2CCCO2)C(=O)c2cccc(Cl)c2)cc1OC. The maximum Gasteiger partial charge on any atom is 0.254 e. The molecule has 7 nitrogen and oxygen atoms in total. The van der Waals surface area contributed by atoms with E-state index in [-0.39, 0.29) is 24.5 Å². The average Bonchev–Trinajstić information content (AvgIpc) is 3.64. The molecule has 2 amide bonds. The second-order valence-corrected chi connectivity index (χ2v) is 10.6. The molecule has 0 bridgehead atoms. The molecule has 38 heavy (non-hydrogen) atoms. The molecule has 0 aliphatic carbocycles. The summed E-state index contributed by atoms with van der Waals surface area (Å²) in [6.45, 7) is 1.96. The highest BCUT2D eigenvalue weighted by atomic mass is 35.5. The number of benzene rings is 2. The van der Waals surface area contributed by atoms with Crippen LogP contribution in [-0.4, -0.2) is 68.2 Å². The van der Waals surface area contributed by atoms with Crippen molar-refractivity contribution >= 4 is 34.8 Å². The number of halogens is 1. The van der Waals surface area contributed by atoms with E-state index in [4.69, 9.17) is 25.8 Å². The molecule has 0 spiro atoms. The lowest BCUT2D eigenvalue weighted by atomic mass is 10.1. The second-order valence-electron chi connectivity index (χ2n) is 9.17. The first kappa shape index (κ1) is 28.0. The Kier molecular flexibility index (Phi) is 10.0. The summed E-state index contributed by atoms with van der Waals surface area (Å²) in [5, 5.41) is 2.48. The molecule has 1 saturated heterocycles. The summed E-state index contributed by atoms with van der Waals surface area (Å²) in [5.41, 5.74) is 1.48. The van der Waals surface area contributed by atoms with Crippen molar-refractivity contribution in [2.24, 2.45) is 0 Å². The highest BCUT2D eigenvalue weighted by Crippen LogP contribution is 2.28. The van der Waals surface area contributed by atoms with Crippen LogP contribution in [0.3, 0.4) is 0 Å². The highest BCUT2D eigenvalue weighted by molar-refractivity contribution is 7.09. The smallest absolute Gasteiger partial charge is 0.254 e. The van der Waals surface area contributed by atoms with E-state index in [1.807, 2.05) is 40.6 Å². The number of thiophene rings is 1. The fourth-order valence-electron chi connectivity index (χ4n) is 4.50. The molecule has 2 heterocycles. The Labute approximate surface area is 232 Å². The zero-order valence-corrected chi connectivity index (χ0v) is 23.3. The van der Waals surface area contributed by atoms with E-state index in [1.165, 1.54) is 0 Å². The van der Waals surface area contributed by atoms with Crippen LogP contribution in [0.25, 0.3) is 0 Å². The summed E-state index contributed by atoms with van der Waals surface area (Å²) in [5.74, 6) is 0.961. The number of ether oxygens (including phenoxy) is 3. The first-order valence-corrected chi connectivity index (χ1v) is 13.9. The van der Waals surface area contributed by atoms with Crippen LogP contribution in [0, 0.1) is 0 Å². The number of hydrogen-bond donors (Lipinski definition) is 0. The summed E-state index contributed by atoms with van der Waals surface area (Å²) >= 11 is 7.76. The summed E-state index contributed by atoms with van der Waals surface area (Å²) in [6, 6.07) is 16.6. The van der Waals surface area contributed by atoms with Gasteiger partial charge in [0.05, 0.1) is 26.9 Å². The molecule has 2 aromatic carbocycles. The molecule has 0 radical (unpaired) electrons. The van der Waals surface area contributed by atoms with Crippen LogP contribution < -0.4 is 9.47 Å². The summed E-state index contributed by atoms with van der Waals surface area (Å²) in [4.78, 5) is 31.7. The second kappa shape index (κ2) is 13.6. The number of carbonyl (C=O) groups is 2. The minimum atomic E-state index is -0.229. The van der Waals surface area contributed by atoms with Gasteiger partial charge in [0.1, 0.15) is 6.54 Å². The molecular formula is C29H33ClN2O5S. The maximum atomic E-state index is 13.7. The minimum Gasteiger partial charge on any atom is -0.493 e. The molecule has 9 heteroatoms. The van der Waals surface area contributed by atoms with Gasteiger partial charge in [0.2, 0.25) is 5.91 Å². The molecule has 1 fully saturated rings. The average molecular weight is 557 g/mol. The van der Waals surface area contributed by atoms with E-state index in [0.29, 0.717) is 54.7 Å². The number of nitrogens with zero attached hydrogens (tertiary/aromatic N) is 2. The summed E-state index contributed by atoms with van der Waals surface area (Å²) in [6.07, 6.45) is 2.37. The molecule has 1 aromatic heterocycles. The van der Waals surface area contributed by atoms with Gasteiger partial charge < -0.3 is 24.0 Å². The highest BCUT2D eigenvalue weighted by Gasteiger charge is 2.27. The Morgan fingerprint density at radius 3 is 2.58 bits per heavy atom. The van der Waals surface area contributed by atoms with E-state index >= 15 is 0 Å². The molecule has 1 unspecified atom stereocenters. The van der Waals surface area contributed by atoms with Crippen LogP contribution in [-0.2, 0) is 22.5 Å². The third-order valence-corrected chi connectivity index (χ3v) is 7.63. The van der Waals surface area contributed by atoms with Gasteiger partial charge in [-0.15, -0.1) is 11.3 Å². The van der Waals surface area contributed by atoms with Crippen molar-refractivity contribution in [2.45, 2.75) is 31.9 Å². The van der Waals surface area contributed by atoms with Crippen molar-refractivity contribution in [1.29, 1.82) is 0 Å². The Bertz CT molecular complexity index is 1210. The fraction of sp³-hybridized carbons (Fsp3) is 0.379. The van der Waals surface area contributed by atoms with E-state index in [9.17, 15) is 9.59 Å². The van der Waals surface area contributed by atoms with Gasteiger partial charge >= 0.3 is 0 Å². The first-order chi connectivity index (χ1) is 18.5.